The Morgan fingerprint density at radius 1 is 0.750 bits per heavy atom. The van der Waals surface area contributed by atoms with Gasteiger partial charge in [-0.2, -0.15) is 0 Å². The molecule has 3 atom stereocenters. The lowest BCUT2D eigenvalue weighted by Crippen LogP contribution is -2.59. The van der Waals surface area contributed by atoms with Crippen molar-refractivity contribution < 1.29 is 43.0 Å². The van der Waals surface area contributed by atoms with Crippen molar-refractivity contribution in [2.75, 3.05) is 20.3 Å². The van der Waals surface area contributed by atoms with E-state index in [9.17, 15) is 33.6 Å². The van der Waals surface area contributed by atoms with E-state index >= 15 is 0 Å². The summed E-state index contributed by atoms with van der Waals surface area (Å²) in [5.74, 6) is -4.94. The Morgan fingerprint density at radius 2 is 1.32 bits per heavy atom. The van der Waals surface area contributed by atoms with E-state index in [1.165, 1.54) is 7.11 Å². The number of ketones is 1. The first-order valence-electron chi connectivity index (χ1n) is 19.6. The fraction of sp³-hybridized carbons (Fsp3) is 0.548. The second kappa shape index (κ2) is 22.3. The zero-order chi connectivity index (χ0) is 41.3. The average Bonchev–Trinajstić information content (AvgIpc) is 3.19. The number of carbonyl (C=O) groups excluding carboxylic acids is 7. The zero-order valence-electron chi connectivity index (χ0n) is 33.5. The summed E-state index contributed by atoms with van der Waals surface area (Å²) < 4.78 is 10.4. The van der Waals surface area contributed by atoms with Gasteiger partial charge in [0.2, 0.25) is 23.5 Å². The molecule has 306 valence electrons. The van der Waals surface area contributed by atoms with Crippen LogP contribution in [0.15, 0.2) is 60.7 Å². The van der Waals surface area contributed by atoms with Gasteiger partial charge in [-0.1, -0.05) is 121 Å². The maximum absolute atomic E-state index is 13.8. The van der Waals surface area contributed by atoms with Crippen molar-refractivity contribution >= 4 is 41.5 Å². The van der Waals surface area contributed by atoms with E-state index in [-0.39, 0.29) is 37.2 Å². The van der Waals surface area contributed by atoms with Crippen LogP contribution in [0.5, 0.6) is 0 Å². The number of carbonyl (C=O) groups is 7. The summed E-state index contributed by atoms with van der Waals surface area (Å²) in [6.45, 7) is 8.86. The van der Waals surface area contributed by atoms with Gasteiger partial charge in [0.25, 0.3) is 5.91 Å². The van der Waals surface area contributed by atoms with Crippen LogP contribution in [0, 0.1) is 17.8 Å². The molecule has 1 saturated carbocycles. The summed E-state index contributed by atoms with van der Waals surface area (Å²) >= 11 is 0. The number of nitrogens with one attached hydrogen (secondary N) is 5. The largest absolute Gasteiger partial charge is 0.467 e. The molecular weight excluding hydrogens is 718 g/mol. The molecule has 14 nitrogen and oxygen atoms in total. The predicted octanol–water partition coefficient (Wildman–Crippen LogP) is 4.05. The summed E-state index contributed by atoms with van der Waals surface area (Å²) in [4.78, 5) is 93.8. The molecule has 0 aromatic heterocycles. The fourth-order valence-corrected chi connectivity index (χ4v) is 6.86. The van der Waals surface area contributed by atoms with Crippen LogP contribution in [-0.2, 0) is 43.8 Å². The lowest BCUT2D eigenvalue weighted by molar-refractivity contribution is -0.149. The maximum atomic E-state index is 13.8. The van der Waals surface area contributed by atoms with Crippen molar-refractivity contribution in [3.8, 4) is 0 Å². The standard InChI is InChI=1S/C42H59N5O9/c1-7-17-32(44-37(50)33(24-27(2)3)45-38(51)35(29-18-11-8-12-19-29)46-41(54)56-26-28(4)5)36(49)39(52)43-25-34(48)47-42(40(53)55-6,30-20-13-9-14-21-30)31-22-15-10-16-23-31/h9-10,13-16,20-23,27-29,32-33,35H,7-8,11-12,17-19,24-26H2,1-6H3,(H,43,52)(H,44,50)(H,45,51)(H,46,54)(H,47,48). The number of rotatable bonds is 20. The molecule has 56 heavy (non-hydrogen) atoms. The molecule has 3 rings (SSSR count). The number of ether oxygens (including phenoxy) is 2. The van der Waals surface area contributed by atoms with Crippen molar-refractivity contribution in [1.82, 2.24) is 26.6 Å². The van der Waals surface area contributed by atoms with Gasteiger partial charge in [0.15, 0.2) is 5.54 Å². The Morgan fingerprint density at radius 3 is 1.84 bits per heavy atom. The first-order chi connectivity index (χ1) is 26.7. The lowest BCUT2D eigenvalue weighted by Gasteiger charge is -2.33. The maximum Gasteiger partial charge on any atom is 0.407 e. The number of amides is 5. The van der Waals surface area contributed by atoms with E-state index in [1.54, 1.807) is 67.6 Å². The number of hydrogen-bond donors (Lipinski definition) is 5. The molecule has 0 saturated heterocycles. The molecule has 14 heteroatoms. The van der Waals surface area contributed by atoms with E-state index in [0.29, 0.717) is 17.5 Å². The average molecular weight is 778 g/mol. The Hall–Kier alpha value is -5.27. The third-order valence-electron chi connectivity index (χ3n) is 9.64. The fourth-order valence-electron chi connectivity index (χ4n) is 6.86. The monoisotopic (exact) mass is 777 g/mol. The summed E-state index contributed by atoms with van der Waals surface area (Å²) in [6.07, 6.45) is 4.34. The highest BCUT2D eigenvalue weighted by Gasteiger charge is 2.45. The minimum Gasteiger partial charge on any atom is -0.467 e. The Bertz CT molecular complexity index is 1590. The van der Waals surface area contributed by atoms with Gasteiger partial charge < -0.3 is 36.1 Å². The Labute approximate surface area is 330 Å². The topological polar surface area (TPSA) is 198 Å². The minimum atomic E-state index is -1.77. The molecule has 1 fully saturated rings. The highest BCUT2D eigenvalue weighted by molar-refractivity contribution is 6.38. The molecule has 1 aliphatic carbocycles. The first-order valence-corrected chi connectivity index (χ1v) is 19.6. The van der Waals surface area contributed by atoms with Gasteiger partial charge >= 0.3 is 12.1 Å². The van der Waals surface area contributed by atoms with Gasteiger partial charge in [-0.15, -0.1) is 0 Å². The van der Waals surface area contributed by atoms with Crippen LogP contribution in [-0.4, -0.2) is 79.9 Å². The van der Waals surface area contributed by atoms with Crippen LogP contribution in [0.2, 0.25) is 0 Å². The van der Waals surface area contributed by atoms with E-state index in [0.717, 1.165) is 32.1 Å². The molecule has 0 bridgehead atoms. The molecule has 2 aromatic carbocycles. The number of methoxy groups -OCH3 is 1. The van der Waals surface area contributed by atoms with Gasteiger partial charge in [-0.3, -0.25) is 24.0 Å². The molecule has 0 radical (unpaired) electrons. The SMILES string of the molecule is CCCC(NC(=O)C(CC(C)C)NC(=O)C(NC(=O)OCC(C)C)C1CCCCC1)C(=O)C(=O)NCC(=O)NC(C(=O)OC)(c1ccccc1)c1ccccc1. The molecule has 3 unspecified atom stereocenters. The second-order valence-electron chi connectivity index (χ2n) is 15.1. The highest BCUT2D eigenvalue weighted by Crippen LogP contribution is 2.31. The van der Waals surface area contributed by atoms with Crippen LogP contribution < -0.4 is 26.6 Å². The van der Waals surface area contributed by atoms with Crippen molar-refractivity contribution in [3.05, 3.63) is 71.8 Å². The third-order valence-corrected chi connectivity index (χ3v) is 9.64. The second-order valence-corrected chi connectivity index (χ2v) is 15.1. The van der Waals surface area contributed by atoms with Crippen LogP contribution in [0.3, 0.4) is 0 Å². The third kappa shape index (κ3) is 12.9. The van der Waals surface area contributed by atoms with E-state index < -0.39 is 71.7 Å². The van der Waals surface area contributed by atoms with Gasteiger partial charge in [0, 0.05) is 0 Å². The summed E-state index contributed by atoms with van der Waals surface area (Å²) in [5, 5.41) is 13.2. The summed E-state index contributed by atoms with van der Waals surface area (Å²) in [7, 11) is 1.20. The van der Waals surface area contributed by atoms with Crippen LogP contribution >= 0.6 is 0 Å². The van der Waals surface area contributed by atoms with Crippen molar-refractivity contribution in [1.29, 1.82) is 0 Å². The van der Waals surface area contributed by atoms with Gasteiger partial charge in [0.05, 0.1) is 26.3 Å². The smallest absolute Gasteiger partial charge is 0.407 e. The number of esters is 1. The van der Waals surface area contributed by atoms with Crippen LogP contribution in [0.25, 0.3) is 0 Å². The van der Waals surface area contributed by atoms with E-state index in [1.807, 2.05) is 27.7 Å². The van der Waals surface area contributed by atoms with E-state index in [2.05, 4.69) is 26.6 Å². The van der Waals surface area contributed by atoms with Crippen molar-refractivity contribution in [2.24, 2.45) is 17.8 Å². The van der Waals surface area contributed by atoms with Crippen LogP contribution in [0.4, 0.5) is 4.79 Å². The van der Waals surface area contributed by atoms with Crippen LogP contribution in [0.1, 0.15) is 97.1 Å². The minimum absolute atomic E-state index is 0.0471. The number of benzene rings is 2. The summed E-state index contributed by atoms with van der Waals surface area (Å²) in [5.41, 5.74) is -0.943. The quantitative estimate of drug-likeness (QED) is 0.0973. The molecule has 1 aliphatic rings. The highest BCUT2D eigenvalue weighted by atomic mass is 16.5. The van der Waals surface area contributed by atoms with Gasteiger partial charge in [0.1, 0.15) is 12.1 Å². The van der Waals surface area contributed by atoms with Crippen molar-refractivity contribution in [3.63, 3.8) is 0 Å². The molecular formula is C42H59N5O9. The predicted molar refractivity (Wildman–Crippen MR) is 210 cm³/mol. The zero-order valence-corrected chi connectivity index (χ0v) is 33.5. The number of alkyl carbamates (subject to hydrolysis) is 1. The molecule has 2 aromatic rings. The molecule has 5 N–H and O–H groups in total. The van der Waals surface area contributed by atoms with E-state index in [4.69, 9.17) is 9.47 Å². The van der Waals surface area contributed by atoms with Gasteiger partial charge in [-0.25, -0.2) is 9.59 Å². The molecule has 0 heterocycles. The molecule has 0 spiro atoms. The lowest BCUT2D eigenvalue weighted by atomic mass is 9.82. The normalized spacial score (nSPS) is 14.8. The van der Waals surface area contributed by atoms with Crippen molar-refractivity contribution in [2.45, 2.75) is 110 Å². The Kier molecular flexibility index (Phi) is 18.0. The summed E-state index contributed by atoms with van der Waals surface area (Å²) in [6, 6.07) is 13.7. The number of Topliss-reactive ketones (excluding diaryl/α,β-unsaturated/α-hetero) is 1. The van der Waals surface area contributed by atoms with Gasteiger partial charge in [-0.05, 0) is 54.6 Å². The Balaban J connectivity index is 1.74. The first kappa shape index (κ1) is 45.1. The molecule has 5 amide bonds. The number of hydrogen-bond acceptors (Lipinski definition) is 9. The molecule has 0 aliphatic heterocycles.